The summed E-state index contributed by atoms with van der Waals surface area (Å²) in [6.07, 6.45) is 0. The predicted octanol–water partition coefficient (Wildman–Crippen LogP) is 1.30. The van der Waals surface area contributed by atoms with Crippen LogP contribution in [-0.4, -0.2) is 48.2 Å². The first-order valence-corrected chi connectivity index (χ1v) is 3.40. The van der Waals surface area contributed by atoms with Gasteiger partial charge in [0.05, 0.1) is 0 Å². The first-order valence-electron chi connectivity index (χ1n) is 2.27. The van der Waals surface area contributed by atoms with Gasteiger partial charge in [0, 0.05) is 4.57 Å². The molecular formula is C4H12CaO3P+. The molecule has 0 aliphatic heterocycles. The zero-order valence-electron chi connectivity index (χ0n) is 7.92. The Kier molecular flexibility index (Phi) is 7.17. The molecule has 52 valence electrons. The molecule has 0 saturated carbocycles. The third kappa shape index (κ3) is 12.5. The van der Waals surface area contributed by atoms with E-state index in [1.807, 2.05) is 0 Å². The van der Waals surface area contributed by atoms with Gasteiger partial charge in [0.1, 0.15) is 5.60 Å². The summed E-state index contributed by atoms with van der Waals surface area (Å²) in [6.45, 7) is 5.16. The maximum Gasteiger partial charge on any atom is 2.00 e. The Labute approximate surface area is 88.7 Å². The van der Waals surface area contributed by atoms with Crippen LogP contribution in [-0.2, 0) is 9.09 Å². The first-order chi connectivity index (χ1) is 3.42. The van der Waals surface area contributed by atoms with Crippen LogP contribution >= 0.6 is 8.25 Å². The van der Waals surface area contributed by atoms with Crippen molar-refractivity contribution >= 4 is 46.0 Å². The molecule has 0 fully saturated rings. The molecule has 0 amide bonds. The van der Waals surface area contributed by atoms with Crippen molar-refractivity contribution in [1.82, 2.24) is 0 Å². The van der Waals surface area contributed by atoms with E-state index in [2.05, 4.69) is 4.52 Å². The second kappa shape index (κ2) is 5.00. The summed E-state index contributed by atoms with van der Waals surface area (Å²) in [5.41, 5.74) is -0.512. The summed E-state index contributed by atoms with van der Waals surface area (Å²) < 4.78 is 14.4. The van der Waals surface area contributed by atoms with Gasteiger partial charge in [0.25, 0.3) is 0 Å². The molecule has 0 spiro atoms. The largest absolute Gasteiger partial charge is 2.00 e. The molecule has 0 rings (SSSR count). The predicted molar refractivity (Wildman–Crippen MR) is 38.6 cm³/mol. The van der Waals surface area contributed by atoms with Crippen molar-refractivity contribution in [3.8, 4) is 0 Å². The van der Waals surface area contributed by atoms with Crippen molar-refractivity contribution in [2.24, 2.45) is 0 Å². The minimum absolute atomic E-state index is 0. The molecule has 0 aliphatic rings. The van der Waals surface area contributed by atoms with Gasteiger partial charge in [-0.1, -0.05) is 0 Å². The average Bonchev–Trinajstić information content (AvgIpc) is 1.21. The van der Waals surface area contributed by atoms with Crippen LogP contribution in [0.3, 0.4) is 0 Å². The smallest absolute Gasteiger partial charge is 1.00 e. The van der Waals surface area contributed by atoms with Crippen LogP contribution in [0.2, 0.25) is 0 Å². The topological polar surface area (TPSA) is 46.5 Å². The fourth-order valence-corrected chi connectivity index (χ4v) is 0.703. The Morgan fingerprint density at radius 1 is 1.56 bits per heavy atom. The molecule has 1 N–H and O–H groups in total. The Hall–Kier alpha value is 1.28. The van der Waals surface area contributed by atoms with Crippen molar-refractivity contribution in [1.29, 1.82) is 0 Å². The Bertz CT molecular complexity index is 106. The zero-order valence-corrected chi connectivity index (χ0v) is 9.02. The van der Waals surface area contributed by atoms with Gasteiger partial charge in [-0.3, -0.25) is 0 Å². The van der Waals surface area contributed by atoms with Crippen molar-refractivity contribution in [2.75, 3.05) is 0 Å². The van der Waals surface area contributed by atoms with E-state index in [0.717, 1.165) is 0 Å². The van der Waals surface area contributed by atoms with E-state index in [4.69, 9.17) is 4.89 Å². The van der Waals surface area contributed by atoms with Crippen molar-refractivity contribution in [3.05, 3.63) is 0 Å². The molecule has 0 aromatic carbocycles. The van der Waals surface area contributed by atoms with Gasteiger partial charge in [0.15, 0.2) is 0 Å². The third-order valence-electron chi connectivity index (χ3n) is 0.352. The normalized spacial score (nSPS) is 12.2. The molecular weight excluding hydrogens is 167 g/mol. The van der Waals surface area contributed by atoms with Gasteiger partial charge in [-0.25, -0.2) is 0 Å². The fraction of sp³-hybridized carbons (Fsp3) is 1.00. The van der Waals surface area contributed by atoms with Crippen LogP contribution in [0.1, 0.15) is 23.6 Å². The monoisotopic (exact) mass is 179 g/mol. The van der Waals surface area contributed by atoms with Gasteiger partial charge in [-0.2, -0.15) is 0 Å². The number of hydrogen-bond acceptors (Lipinski definition) is 2. The molecule has 0 heterocycles. The van der Waals surface area contributed by atoms with Crippen LogP contribution in [0.15, 0.2) is 0 Å². The van der Waals surface area contributed by atoms with E-state index in [-0.39, 0.29) is 40.6 Å². The molecule has 9 heavy (non-hydrogen) atoms. The maximum atomic E-state index is 9.94. The molecule has 0 bridgehead atoms. The van der Waals surface area contributed by atoms with Crippen molar-refractivity contribution in [2.45, 2.75) is 26.4 Å². The van der Waals surface area contributed by atoms with Gasteiger partial charge in [-0.05, 0) is 20.8 Å². The number of hydrogen-bond donors (Lipinski definition) is 1. The van der Waals surface area contributed by atoms with E-state index in [0.29, 0.717) is 0 Å². The van der Waals surface area contributed by atoms with Gasteiger partial charge < -0.3 is 2.85 Å². The summed E-state index contributed by atoms with van der Waals surface area (Å²) in [5, 5.41) is 0. The maximum absolute atomic E-state index is 9.94. The molecule has 5 heteroatoms. The van der Waals surface area contributed by atoms with E-state index < -0.39 is 13.9 Å². The molecule has 0 saturated heterocycles. The van der Waals surface area contributed by atoms with Gasteiger partial charge >= 0.3 is 46.0 Å². The standard InChI is InChI=1S/C4H9O3P.Ca.2H/c1-4(2,3)7-8(5)6;;;/h1-3H3;;;/q;+2;2*-1/p+1. The van der Waals surface area contributed by atoms with E-state index in [1.165, 1.54) is 0 Å². The summed E-state index contributed by atoms with van der Waals surface area (Å²) in [6, 6.07) is 0. The molecule has 0 aromatic rings. The van der Waals surface area contributed by atoms with E-state index in [1.54, 1.807) is 20.8 Å². The van der Waals surface area contributed by atoms with E-state index in [9.17, 15) is 4.57 Å². The quantitative estimate of drug-likeness (QED) is 0.487. The summed E-state index contributed by atoms with van der Waals surface area (Å²) in [5.74, 6) is 0. The van der Waals surface area contributed by atoms with Crippen molar-refractivity contribution in [3.63, 3.8) is 0 Å². The van der Waals surface area contributed by atoms with Crippen molar-refractivity contribution < 1.29 is 16.8 Å². The summed E-state index contributed by atoms with van der Waals surface area (Å²) in [4.78, 5) is 8.18. The molecule has 0 aromatic heterocycles. The van der Waals surface area contributed by atoms with Crippen LogP contribution in [0.25, 0.3) is 0 Å². The minimum Gasteiger partial charge on any atom is -1.00 e. The second-order valence-corrected chi connectivity index (χ2v) is 3.10. The minimum atomic E-state index is -2.44. The molecule has 0 radical (unpaired) electrons. The van der Waals surface area contributed by atoms with Crippen LogP contribution in [0, 0.1) is 0 Å². The molecule has 0 aliphatic carbocycles. The molecule has 1 unspecified atom stereocenters. The number of rotatable bonds is 1. The summed E-state index contributed by atoms with van der Waals surface area (Å²) in [7, 11) is -2.44. The molecule has 1 atom stereocenters. The Balaban J connectivity index is -0.0000000817. The van der Waals surface area contributed by atoms with Gasteiger partial charge in [0.2, 0.25) is 0 Å². The fourth-order valence-electron chi connectivity index (χ4n) is 0.234. The third-order valence-corrected chi connectivity index (χ3v) is 1.06. The zero-order chi connectivity index (χ0) is 6.78. The summed E-state index contributed by atoms with van der Waals surface area (Å²) >= 11 is 0. The SMILES string of the molecule is CC(C)(C)O[P+](=O)O.[Ca+2].[H-].[H-]. The van der Waals surface area contributed by atoms with Crippen LogP contribution in [0.4, 0.5) is 0 Å². The second-order valence-electron chi connectivity index (χ2n) is 2.44. The van der Waals surface area contributed by atoms with E-state index >= 15 is 0 Å². The Morgan fingerprint density at radius 2 is 1.89 bits per heavy atom. The Morgan fingerprint density at radius 3 is 1.89 bits per heavy atom. The van der Waals surface area contributed by atoms with Crippen LogP contribution < -0.4 is 0 Å². The molecule has 3 nitrogen and oxygen atoms in total. The van der Waals surface area contributed by atoms with Gasteiger partial charge in [-0.15, -0.1) is 9.42 Å². The first kappa shape index (κ1) is 12.9. The average molecular weight is 179 g/mol. The van der Waals surface area contributed by atoms with Crippen LogP contribution in [0.5, 0.6) is 0 Å².